The summed E-state index contributed by atoms with van der Waals surface area (Å²) in [5.74, 6) is 0.662. The monoisotopic (exact) mass is 348 g/mol. The SMILES string of the molecule is CNCC1CCN(C(=O)c2c(C)nn(-c3ccccc3)c2C)C1.Cl. The van der Waals surface area contributed by atoms with E-state index in [2.05, 4.69) is 10.4 Å². The highest BCUT2D eigenvalue weighted by Gasteiger charge is 2.30. The molecule has 5 nitrogen and oxygen atoms in total. The third-order valence-corrected chi connectivity index (χ3v) is 4.57. The van der Waals surface area contributed by atoms with Gasteiger partial charge in [-0.15, -0.1) is 12.4 Å². The number of rotatable bonds is 4. The standard InChI is InChI=1S/C18H24N4O.ClH/c1-13-17(18(23)21-10-9-15(12-21)11-19-3)14(2)22(20-13)16-7-5-4-6-8-16;/h4-8,15,19H,9-12H2,1-3H3;1H. The maximum atomic E-state index is 12.9. The molecule has 1 saturated heterocycles. The summed E-state index contributed by atoms with van der Waals surface area (Å²) in [5.41, 5.74) is 3.45. The van der Waals surface area contributed by atoms with Gasteiger partial charge in [0.15, 0.2) is 0 Å². The lowest BCUT2D eigenvalue weighted by Gasteiger charge is -2.17. The van der Waals surface area contributed by atoms with Crippen LogP contribution in [-0.2, 0) is 0 Å². The molecule has 1 aliphatic rings. The number of halogens is 1. The Hall–Kier alpha value is -1.85. The van der Waals surface area contributed by atoms with Crippen molar-refractivity contribution < 1.29 is 4.79 Å². The number of hydrogen-bond acceptors (Lipinski definition) is 3. The van der Waals surface area contributed by atoms with E-state index in [0.717, 1.165) is 48.7 Å². The van der Waals surface area contributed by atoms with E-state index >= 15 is 0 Å². The zero-order valence-electron chi connectivity index (χ0n) is 14.5. The third-order valence-electron chi connectivity index (χ3n) is 4.57. The van der Waals surface area contributed by atoms with Gasteiger partial charge >= 0.3 is 0 Å². The number of aryl methyl sites for hydroxylation is 1. The van der Waals surface area contributed by atoms with Crippen molar-refractivity contribution in [2.45, 2.75) is 20.3 Å². The summed E-state index contributed by atoms with van der Waals surface area (Å²) in [4.78, 5) is 14.9. The van der Waals surface area contributed by atoms with Gasteiger partial charge in [0.1, 0.15) is 0 Å². The van der Waals surface area contributed by atoms with Gasteiger partial charge in [-0.05, 0) is 51.9 Å². The van der Waals surface area contributed by atoms with Crippen LogP contribution in [0.15, 0.2) is 30.3 Å². The molecule has 0 saturated carbocycles. The van der Waals surface area contributed by atoms with E-state index in [1.54, 1.807) is 0 Å². The second-order valence-corrected chi connectivity index (χ2v) is 6.26. The van der Waals surface area contributed by atoms with Crippen molar-refractivity contribution in [2.75, 3.05) is 26.7 Å². The second kappa shape index (κ2) is 7.81. The molecule has 1 unspecified atom stereocenters. The summed E-state index contributed by atoms with van der Waals surface area (Å²) in [7, 11) is 1.96. The molecule has 1 aromatic heterocycles. The van der Waals surface area contributed by atoms with Crippen LogP contribution in [0.1, 0.15) is 28.2 Å². The maximum absolute atomic E-state index is 12.9. The minimum absolute atomic E-state index is 0. The Bertz CT molecular complexity index is 699. The van der Waals surface area contributed by atoms with Crippen LogP contribution in [0.3, 0.4) is 0 Å². The molecule has 1 N–H and O–H groups in total. The first-order valence-corrected chi connectivity index (χ1v) is 8.17. The summed E-state index contributed by atoms with van der Waals surface area (Å²) in [5, 5.41) is 7.79. The number of nitrogens with one attached hydrogen (secondary N) is 1. The van der Waals surface area contributed by atoms with E-state index in [1.807, 2.05) is 60.8 Å². The van der Waals surface area contributed by atoms with Gasteiger partial charge < -0.3 is 10.2 Å². The molecule has 130 valence electrons. The van der Waals surface area contributed by atoms with Crippen LogP contribution >= 0.6 is 12.4 Å². The number of para-hydroxylation sites is 1. The highest BCUT2D eigenvalue weighted by molar-refractivity contribution is 5.96. The molecule has 0 aliphatic carbocycles. The smallest absolute Gasteiger partial charge is 0.257 e. The van der Waals surface area contributed by atoms with Crippen molar-refractivity contribution in [1.82, 2.24) is 20.0 Å². The maximum Gasteiger partial charge on any atom is 0.257 e. The summed E-state index contributed by atoms with van der Waals surface area (Å²) < 4.78 is 1.86. The predicted molar refractivity (Wildman–Crippen MR) is 98.2 cm³/mol. The second-order valence-electron chi connectivity index (χ2n) is 6.26. The first-order chi connectivity index (χ1) is 11.1. The number of likely N-dealkylation sites (tertiary alicyclic amines) is 1. The molecular formula is C18H25ClN4O. The van der Waals surface area contributed by atoms with Gasteiger partial charge in [-0.25, -0.2) is 4.68 Å². The van der Waals surface area contributed by atoms with Crippen LogP contribution in [0.4, 0.5) is 0 Å². The van der Waals surface area contributed by atoms with Gasteiger partial charge in [0.2, 0.25) is 0 Å². The number of carbonyl (C=O) groups excluding carboxylic acids is 1. The van der Waals surface area contributed by atoms with Crippen LogP contribution in [0, 0.1) is 19.8 Å². The third kappa shape index (κ3) is 3.47. The van der Waals surface area contributed by atoms with Crippen LogP contribution in [0.25, 0.3) is 5.69 Å². The van der Waals surface area contributed by atoms with Gasteiger partial charge in [0.05, 0.1) is 22.6 Å². The molecule has 1 aliphatic heterocycles. The molecule has 24 heavy (non-hydrogen) atoms. The fourth-order valence-electron chi connectivity index (χ4n) is 3.40. The Morgan fingerprint density at radius 2 is 2.00 bits per heavy atom. The van der Waals surface area contributed by atoms with Crippen molar-refractivity contribution >= 4 is 18.3 Å². The minimum atomic E-state index is 0. The summed E-state index contributed by atoms with van der Waals surface area (Å²) in [6.45, 7) is 6.52. The molecule has 6 heteroatoms. The van der Waals surface area contributed by atoms with Crippen LogP contribution in [0.5, 0.6) is 0 Å². The average Bonchev–Trinajstić information content (AvgIpc) is 3.13. The lowest BCUT2D eigenvalue weighted by molar-refractivity contribution is 0.0785. The summed E-state index contributed by atoms with van der Waals surface area (Å²) in [6, 6.07) is 9.96. The number of hydrogen-bond donors (Lipinski definition) is 1. The lowest BCUT2D eigenvalue weighted by atomic mass is 10.1. The number of aromatic nitrogens is 2. The van der Waals surface area contributed by atoms with Gasteiger partial charge in [-0.3, -0.25) is 4.79 Å². The quantitative estimate of drug-likeness (QED) is 0.924. The molecule has 0 bridgehead atoms. The molecule has 1 fully saturated rings. The zero-order valence-corrected chi connectivity index (χ0v) is 15.3. The molecule has 2 aromatic rings. The van der Waals surface area contributed by atoms with Crippen molar-refractivity contribution in [2.24, 2.45) is 5.92 Å². The fourth-order valence-corrected chi connectivity index (χ4v) is 3.40. The van der Waals surface area contributed by atoms with Crippen molar-refractivity contribution in [1.29, 1.82) is 0 Å². The number of nitrogens with zero attached hydrogens (tertiary/aromatic N) is 3. The normalized spacial score (nSPS) is 17.0. The minimum Gasteiger partial charge on any atom is -0.338 e. The Labute approximate surface area is 149 Å². The van der Waals surface area contributed by atoms with Gasteiger partial charge in [0.25, 0.3) is 5.91 Å². The molecule has 1 atom stereocenters. The summed E-state index contributed by atoms with van der Waals surface area (Å²) in [6.07, 6.45) is 1.07. The topological polar surface area (TPSA) is 50.2 Å². The molecular weight excluding hydrogens is 324 g/mol. The van der Waals surface area contributed by atoms with Crippen LogP contribution < -0.4 is 5.32 Å². The zero-order chi connectivity index (χ0) is 16.4. The van der Waals surface area contributed by atoms with E-state index in [1.165, 1.54) is 0 Å². The molecule has 1 aromatic carbocycles. The van der Waals surface area contributed by atoms with E-state index in [4.69, 9.17) is 0 Å². The molecule has 1 amide bonds. The van der Waals surface area contributed by atoms with E-state index < -0.39 is 0 Å². The first kappa shape index (κ1) is 18.5. The number of carbonyl (C=O) groups is 1. The summed E-state index contributed by atoms with van der Waals surface area (Å²) >= 11 is 0. The van der Waals surface area contributed by atoms with Crippen LogP contribution in [0.2, 0.25) is 0 Å². The van der Waals surface area contributed by atoms with Crippen molar-refractivity contribution in [3.8, 4) is 5.69 Å². The molecule has 0 spiro atoms. The van der Waals surface area contributed by atoms with Crippen molar-refractivity contribution in [3.05, 3.63) is 47.3 Å². The van der Waals surface area contributed by atoms with Gasteiger partial charge in [-0.2, -0.15) is 5.10 Å². The van der Waals surface area contributed by atoms with Crippen molar-refractivity contribution in [3.63, 3.8) is 0 Å². The molecule has 3 rings (SSSR count). The number of amides is 1. The highest BCUT2D eigenvalue weighted by Crippen LogP contribution is 2.23. The van der Waals surface area contributed by atoms with E-state index in [0.29, 0.717) is 5.92 Å². The largest absolute Gasteiger partial charge is 0.338 e. The predicted octanol–water partition coefficient (Wildman–Crippen LogP) is 2.59. The molecule has 0 radical (unpaired) electrons. The van der Waals surface area contributed by atoms with Crippen LogP contribution in [-0.4, -0.2) is 47.3 Å². The van der Waals surface area contributed by atoms with E-state index in [-0.39, 0.29) is 18.3 Å². The van der Waals surface area contributed by atoms with Gasteiger partial charge in [0, 0.05) is 13.1 Å². The Morgan fingerprint density at radius 1 is 1.29 bits per heavy atom. The number of benzene rings is 1. The Morgan fingerprint density at radius 3 is 2.67 bits per heavy atom. The Balaban J connectivity index is 0.00000208. The first-order valence-electron chi connectivity index (χ1n) is 8.17. The fraction of sp³-hybridized carbons (Fsp3) is 0.444. The average molecular weight is 349 g/mol. The Kier molecular flexibility index (Phi) is 6.02. The van der Waals surface area contributed by atoms with Gasteiger partial charge in [-0.1, -0.05) is 18.2 Å². The highest BCUT2D eigenvalue weighted by atomic mass is 35.5. The molecule has 2 heterocycles. The lowest BCUT2D eigenvalue weighted by Crippen LogP contribution is -2.31. The van der Waals surface area contributed by atoms with E-state index in [9.17, 15) is 4.79 Å².